The van der Waals surface area contributed by atoms with Crippen LogP contribution in [0.1, 0.15) is 0 Å². The highest BCUT2D eigenvalue weighted by molar-refractivity contribution is 6.56. The summed E-state index contributed by atoms with van der Waals surface area (Å²) in [5.74, 6) is -0.0160. The Morgan fingerprint density at radius 2 is 0.593 bits per heavy atom. The van der Waals surface area contributed by atoms with E-state index in [1.807, 2.05) is 0 Å². The number of hydrogen-bond donors (Lipinski definition) is 0. The van der Waals surface area contributed by atoms with Crippen LogP contribution in [0.15, 0.2) is 0 Å². The van der Waals surface area contributed by atoms with Crippen molar-refractivity contribution < 1.29 is 14.2 Å². The van der Waals surface area contributed by atoms with Gasteiger partial charge in [0.15, 0.2) is 25.1 Å². The Kier molecular flexibility index (Phi) is 9.20. The highest BCUT2D eigenvalue weighted by Crippen LogP contribution is 2.49. The minimum absolute atomic E-state index is 0.00529. The lowest BCUT2D eigenvalue weighted by Crippen LogP contribution is -2.10. The molecule has 148 valence electrons. The molecular formula is C14H4Cl10O3. The Labute approximate surface area is 204 Å². The first kappa shape index (κ1) is 24.2. The number of rotatable bonds is 6. The molecule has 27 heavy (non-hydrogen) atoms. The summed E-state index contributed by atoms with van der Waals surface area (Å²) in [6.07, 6.45) is 0. The molecule has 0 spiro atoms. The molecule has 0 aliphatic carbocycles. The number of benzene rings is 2. The lowest BCUT2D eigenvalue weighted by Gasteiger charge is -2.15. The van der Waals surface area contributed by atoms with E-state index in [9.17, 15) is 0 Å². The quantitative estimate of drug-likeness (QED) is 0.149. The molecule has 0 aliphatic rings. The van der Waals surface area contributed by atoms with Crippen LogP contribution < -0.4 is 9.47 Å². The van der Waals surface area contributed by atoms with Gasteiger partial charge in [-0.05, 0) is 0 Å². The molecule has 0 radical (unpaired) electrons. The topological polar surface area (TPSA) is 27.7 Å². The van der Waals surface area contributed by atoms with Gasteiger partial charge in [-0.1, -0.05) is 116 Å². The van der Waals surface area contributed by atoms with Gasteiger partial charge in [-0.25, -0.2) is 0 Å². The first-order chi connectivity index (χ1) is 12.6. The third kappa shape index (κ3) is 5.15. The molecule has 2 rings (SSSR count). The number of ether oxygens (including phenoxy) is 3. The minimum atomic E-state index is -0.335. The smallest absolute Gasteiger partial charge is 0.192 e. The second-order valence-electron chi connectivity index (χ2n) is 4.53. The third-order valence-electron chi connectivity index (χ3n) is 2.91. The molecule has 2 aromatic carbocycles. The fourth-order valence-electron chi connectivity index (χ4n) is 1.66. The summed E-state index contributed by atoms with van der Waals surface area (Å²) in [5.41, 5.74) is 0. The van der Waals surface area contributed by atoms with Crippen LogP contribution in [0.4, 0.5) is 0 Å². The van der Waals surface area contributed by atoms with E-state index < -0.39 is 0 Å². The standard InChI is InChI=1S/C14H4Cl10O3/c15-3-5(17)9(21)13(10(22)6(3)18)26-1-25-2-27-14-11(23)7(19)4(16)8(20)12(14)24/h1-2H2. The predicted molar refractivity (Wildman–Crippen MR) is 115 cm³/mol. The molecule has 0 N–H and O–H groups in total. The van der Waals surface area contributed by atoms with Crippen LogP contribution in [0.5, 0.6) is 11.5 Å². The largest absolute Gasteiger partial charge is 0.464 e. The zero-order valence-corrected chi connectivity index (χ0v) is 20.0. The lowest BCUT2D eigenvalue weighted by atomic mass is 10.3. The highest BCUT2D eigenvalue weighted by atomic mass is 35.5. The van der Waals surface area contributed by atoms with Gasteiger partial charge in [0.1, 0.15) is 20.1 Å². The SMILES string of the molecule is Clc1c(Cl)c(Cl)c(OCOCOc2c(Cl)c(Cl)c(Cl)c(Cl)c2Cl)c(Cl)c1Cl. The molecule has 3 nitrogen and oxygen atoms in total. The molecule has 0 amide bonds. The third-order valence-corrected chi connectivity index (χ3v) is 7.40. The molecule has 0 bridgehead atoms. The molecule has 0 unspecified atom stereocenters. The van der Waals surface area contributed by atoms with Gasteiger partial charge in [-0.15, -0.1) is 0 Å². The van der Waals surface area contributed by atoms with Gasteiger partial charge in [0.25, 0.3) is 0 Å². The Hall–Kier alpha value is 0.900. The van der Waals surface area contributed by atoms with Gasteiger partial charge in [0.2, 0.25) is 0 Å². The molecule has 2 aromatic rings. The highest BCUT2D eigenvalue weighted by Gasteiger charge is 2.22. The van der Waals surface area contributed by atoms with Crippen LogP contribution in [0.3, 0.4) is 0 Å². The first-order valence-electron chi connectivity index (χ1n) is 6.45. The van der Waals surface area contributed by atoms with Crippen LogP contribution in [0, 0.1) is 0 Å². The maximum atomic E-state index is 6.03. The second kappa shape index (κ2) is 10.3. The van der Waals surface area contributed by atoms with Crippen molar-refractivity contribution in [3.8, 4) is 11.5 Å². The van der Waals surface area contributed by atoms with Gasteiger partial charge in [-0.3, -0.25) is 0 Å². The molecule has 0 saturated heterocycles. The van der Waals surface area contributed by atoms with Crippen molar-refractivity contribution in [2.24, 2.45) is 0 Å². The summed E-state index contributed by atoms with van der Waals surface area (Å²) >= 11 is 59.6. The van der Waals surface area contributed by atoms with Gasteiger partial charge in [0.05, 0.1) is 30.1 Å². The van der Waals surface area contributed by atoms with Gasteiger partial charge in [0, 0.05) is 0 Å². The van der Waals surface area contributed by atoms with E-state index in [1.54, 1.807) is 0 Å². The average molecular weight is 575 g/mol. The molecule has 0 saturated carbocycles. The Morgan fingerprint density at radius 1 is 0.370 bits per heavy atom. The van der Waals surface area contributed by atoms with E-state index in [4.69, 9.17) is 130 Å². The van der Waals surface area contributed by atoms with Crippen molar-refractivity contribution in [2.45, 2.75) is 0 Å². The molecular weight excluding hydrogens is 571 g/mol. The summed E-state index contributed by atoms with van der Waals surface area (Å²) < 4.78 is 15.8. The van der Waals surface area contributed by atoms with E-state index in [-0.39, 0.29) is 75.3 Å². The van der Waals surface area contributed by atoms with Crippen molar-refractivity contribution in [2.75, 3.05) is 13.6 Å². The van der Waals surface area contributed by atoms with Crippen molar-refractivity contribution in [3.05, 3.63) is 50.2 Å². The minimum Gasteiger partial charge on any atom is -0.464 e. The monoisotopic (exact) mass is 570 g/mol. The van der Waals surface area contributed by atoms with Crippen molar-refractivity contribution in [3.63, 3.8) is 0 Å². The summed E-state index contributed by atoms with van der Waals surface area (Å²) in [6, 6.07) is 0. The van der Waals surface area contributed by atoms with E-state index in [0.717, 1.165) is 0 Å². The molecule has 0 atom stereocenters. The Morgan fingerprint density at radius 3 is 0.852 bits per heavy atom. The van der Waals surface area contributed by atoms with Crippen LogP contribution in [-0.2, 0) is 4.74 Å². The zero-order valence-electron chi connectivity index (χ0n) is 12.4. The van der Waals surface area contributed by atoms with Gasteiger partial charge >= 0.3 is 0 Å². The summed E-state index contributed by atoms with van der Waals surface area (Å²) in [4.78, 5) is 0. The average Bonchev–Trinajstić information content (AvgIpc) is 2.66. The van der Waals surface area contributed by atoms with Gasteiger partial charge in [-0.2, -0.15) is 0 Å². The summed E-state index contributed by atoms with van der Waals surface area (Å²) in [7, 11) is 0. The molecule has 0 aliphatic heterocycles. The maximum absolute atomic E-state index is 6.03. The van der Waals surface area contributed by atoms with E-state index in [0.29, 0.717) is 0 Å². The first-order valence-corrected chi connectivity index (χ1v) is 10.2. The summed E-state index contributed by atoms with van der Waals surface area (Å²) in [5, 5.41) is -0.134. The predicted octanol–water partition coefficient (Wildman–Crippen LogP) is 9.61. The van der Waals surface area contributed by atoms with Crippen LogP contribution in [-0.4, -0.2) is 13.6 Å². The zero-order chi connectivity index (χ0) is 20.5. The van der Waals surface area contributed by atoms with Crippen molar-refractivity contribution in [1.29, 1.82) is 0 Å². The van der Waals surface area contributed by atoms with Crippen LogP contribution in [0.25, 0.3) is 0 Å². The van der Waals surface area contributed by atoms with Crippen molar-refractivity contribution in [1.82, 2.24) is 0 Å². The number of halogens is 10. The maximum Gasteiger partial charge on any atom is 0.192 e. The molecule has 0 aromatic heterocycles. The lowest BCUT2D eigenvalue weighted by molar-refractivity contribution is -0.0535. The van der Waals surface area contributed by atoms with Crippen molar-refractivity contribution >= 4 is 116 Å². The molecule has 0 fully saturated rings. The van der Waals surface area contributed by atoms with Gasteiger partial charge < -0.3 is 14.2 Å². The molecule has 0 heterocycles. The van der Waals surface area contributed by atoms with Crippen LogP contribution >= 0.6 is 116 Å². The second-order valence-corrected chi connectivity index (χ2v) is 8.31. The summed E-state index contributed by atoms with van der Waals surface area (Å²) in [6.45, 7) is -0.671. The Bertz CT molecular complexity index is 757. The number of hydrogen-bond acceptors (Lipinski definition) is 3. The fourth-order valence-corrected chi connectivity index (χ4v) is 4.12. The van der Waals surface area contributed by atoms with E-state index >= 15 is 0 Å². The molecule has 13 heteroatoms. The van der Waals surface area contributed by atoms with E-state index in [1.165, 1.54) is 0 Å². The van der Waals surface area contributed by atoms with E-state index in [2.05, 4.69) is 0 Å². The normalized spacial score (nSPS) is 11.0. The Balaban J connectivity index is 2.02. The van der Waals surface area contributed by atoms with Crippen LogP contribution in [0.2, 0.25) is 50.2 Å². The fraction of sp³-hybridized carbons (Fsp3) is 0.143.